The summed E-state index contributed by atoms with van der Waals surface area (Å²) in [5.74, 6) is -2.48. The first-order valence-electron chi connectivity index (χ1n) is 6.51. The minimum absolute atomic E-state index is 0.0417. The highest BCUT2D eigenvalue weighted by molar-refractivity contribution is 6.31. The number of halogens is 8. The highest BCUT2D eigenvalue weighted by Crippen LogP contribution is 2.43. The molecule has 0 saturated heterocycles. The summed E-state index contributed by atoms with van der Waals surface area (Å²) in [5.41, 5.74) is -5.51. The molecule has 0 bridgehead atoms. The summed E-state index contributed by atoms with van der Waals surface area (Å²) in [6.45, 7) is 1.41. The van der Waals surface area contributed by atoms with E-state index in [1.165, 1.54) is 12.2 Å². The Morgan fingerprint density at radius 3 is 2.08 bits per heavy atom. The maximum atomic E-state index is 13.2. The van der Waals surface area contributed by atoms with Crippen LogP contribution < -0.4 is 10.6 Å². The van der Waals surface area contributed by atoms with Gasteiger partial charge in [0.2, 0.25) is 5.91 Å². The predicted molar refractivity (Wildman–Crippen MR) is 72.9 cm³/mol. The number of hydrogen-bond donors (Lipinski definition) is 2. The highest BCUT2D eigenvalue weighted by Gasteiger charge is 2.72. The van der Waals surface area contributed by atoms with E-state index in [1.54, 1.807) is 0 Å². The Morgan fingerprint density at radius 1 is 1.12 bits per heavy atom. The Morgan fingerprint density at radius 2 is 1.67 bits per heavy atom. The number of carbonyl (C=O) groups excluding carboxylic acids is 1. The summed E-state index contributed by atoms with van der Waals surface area (Å²) in [6, 6.07) is 1.78. The fraction of sp³-hybridized carbons (Fsp3) is 0.462. The van der Waals surface area contributed by atoms with Gasteiger partial charge in [-0.05, 0) is 24.6 Å². The van der Waals surface area contributed by atoms with Gasteiger partial charge < -0.3 is 10.6 Å². The van der Waals surface area contributed by atoms with Gasteiger partial charge in [-0.1, -0.05) is 18.5 Å². The molecule has 2 N–H and O–H groups in total. The second-order valence-electron chi connectivity index (χ2n) is 4.80. The zero-order valence-electron chi connectivity index (χ0n) is 12.1. The molecule has 0 saturated carbocycles. The van der Waals surface area contributed by atoms with Gasteiger partial charge in [0.25, 0.3) is 0 Å². The van der Waals surface area contributed by atoms with Gasteiger partial charge in [-0.15, -0.1) is 0 Å². The molecule has 0 radical (unpaired) electrons. The Bertz CT molecular complexity index is 587. The van der Waals surface area contributed by atoms with Crippen molar-refractivity contribution in [1.29, 1.82) is 0 Å². The number of anilines is 1. The lowest BCUT2D eigenvalue weighted by molar-refractivity contribution is -0.295. The topological polar surface area (TPSA) is 41.1 Å². The van der Waals surface area contributed by atoms with E-state index in [-0.39, 0.29) is 6.42 Å². The highest BCUT2D eigenvalue weighted by atomic mass is 35.5. The van der Waals surface area contributed by atoms with Crippen LogP contribution >= 0.6 is 11.6 Å². The van der Waals surface area contributed by atoms with Crippen LogP contribution in [0.2, 0.25) is 5.02 Å². The summed E-state index contributed by atoms with van der Waals surface area (Å²) in [7, 11) is 0. The molecule has 0 aromatic heterocycles. The van der Waals surface area contributed by atoms with E-state index in [2.05, 4.69) is 0 Å². The van der Waals surface area contributed by atoms with Crippen LogP contribution in [0.4, 0.5) is 36.4 Å². The summed E-state index contributed by atoms with van der Waals surface area (Å²) in [4.78, 5) is 11.4. The van der Waals surface area contributed by atoms with Crippen LogP contribution in [0.3, 0.4) is 0 Å². The molecule has 0 aliphatic carbocycles. The van der Waals surface area contributed by atoms with E-state index < -0.39 is 46.9 Å². The minimum atomic E-state index is -5.94. The number of amides is 1. The summed E-state index contributed by atoms with van der Waals surface area (Å²) in [6.07, 6.45) is -12.4. The Hall–Kier alpha value is -1.71. The van der Waals surface area contributed by atoms with Gasteiger partial charge >= 0.3 is 18.0 Å². The van der Waals surface area contributed by atoms with Gasteiger partial charge in [-0.3, -0.25) is 4.79 Å². The van der Waals surface area contributed by atoms with Crippen LogP contribution in [0.5, 0.6) is 0 Å². The number of alkyl halides is 6. The number of rotatable bonds is 5. The molecule has 3 nitrogen and oxygen atoms in total. The summed E-state index contributed by atoms with van der Waals surface area (Å²) < 4.78 is 92.4. The molecule has 1 aromatic carbocycles. The Balaban J connectivity index is 3.39. The number of carbonyl (C=O) groups is 1. The van der Waals surface area contributed by atoms with E-state index in [0.29, 0.717) is 18.2 Å². The van der Waals surface area contributed by atoms with E-state index >= 15 is 0 Å². The molecule has 0 aliphatic heterocycles. The van der Waals surface area contributed by atoms with Gasteiger partial charge in [0.05, 0.1) is 5.02 Å². The fourth-order valence-electron chi connectivity index (χ4n) is 1.76. The molecule has 0 spiro atoms. The lowest BCUT2D eigenvalue weighted by Gasteiger charge is -2.39. The van der Waals surface area contributed by atoms with Crippen molar-refractivity contribution in [2.24, 2.45) is 0 Å². The summed E-state index contributed by atoms with van der Waals surface area (Å²) in [5, 5.41) is 1.47. The van der Waals surface area contributed by atoms with Crippen LogP contribution in [0, 0.1) is 5.82 Å². The first kappa shape index (κ1) is 20.3. The summed E-state index contributed by atoms with van der Waals surface area (Å²) >= 11 is 5.36. The SMILES string of the molecule is CCCC(=O)NC(Nc1ccc(F)c(Cl)c1)(C(F)(F)F)C(F)(F)F. The maximum Gasteiger partial charge on any atom is 0.439 e. The average molecular weight is 381 g/mol. The van der Waals surface area contributed by atoms with Crippen molar-refractivity contribution in [3.63, 3.8) is 0 Å². The maximum absolute atomic E-state index is 13.2. The van der Waals surface area contributed by atoms with Crippen LogP contribution in [0.15, 0.2) is 18.2 Å². The van der Waals surface area contributed by atoms with Crippen molar-refractivity contribution in [1.82, 2.24) is 5.32 Å². The minimum Gasteiger partial charge on any atom is -0.348 e. The van der Waals surface area contributed by atoms with Crippen LogP contribution in [-0.2, 0) is 4.79 Å². The standard InChI is InChI=1S/C13H12ClF7N2O/c1-2-3-10(24)23-11(12(16,17)18,13(19,20)21)22-7-4-5-9(15)8(14)6-7/h4-6,22H,2-3H2,1H3,(H,23,24). The third-order valence-corrected chi connectivity index (χ3v) is 3.20. The quantitative estimate of drug-likeness (QED) is 0.578. The predicted octanol–water partition coefficient (Wildman–Crippen LogP) is 4.63. The van der Waals surface area contributed by atoms with E-state index in [1.807, 2.05) is 0 Å². The average Bonchev–Trinajstić information content (AvgIpc) is 2.39. The van der Waals surface area contributed by atoms with E-state index in [4.69, 9.17) is 11.6 Å². The molecule has 136 valence electrons. The number of hydrogen-bond acceptors (Lipinski definition) is 2. The van der Waals surface area contributed by atoms with Gasteiger partial charge in [-0.25, -0.2) is 4.39 Å². The molecule has 1 rings (SSSR count). The molecule has 0 unspecified atom stereocenters. The molecule has 0 atom stereocenters. The molecule has 24 heavy (non-hydrogen) atoms. The van der Waals surface area contributed by atoms with Crippen molar-refractivity contribution >= 4 is 23.2 Å². The molecule has 1 amide bonds. The molecule has 1 aromatic rings. The molecule has 11 heteroatoms. The fourth-order valence-corrected chi connectivity index (χ4v) is 1.95. The van der Waals surface area contributed by atoms with Gasteiger partial charge in [-0.2, -0.15) is 26.3 Å². The van der Waals surface area contributed by atoms with Crippen LogP contribution in [0.1, 0.15) is 19.8 Å². The van der Waals surface area contributed by atoms with Crippen molar-refractivity contribution < 1.29 is 35.5 Å². The second kappa shape index (κ2) is 7.04. The van der Waals surface area contributed by atoms with Crippen molar-refractivity contribution in [2.45, 2.75) is 37.8 Å². The van der Waals surface area contributed by atoms with Crippen LogP contribution in [0.25, 0.3) is 0 Å². The van der Waals surface area contributed by atoms with Crippen LogP contribution in [-0.4, -0.2) is 23.9 Å². The van der Waals surface area contributed by atoms with E-state index in [9.17, 15) is 35.5 Å². The third-order valence-electron chi connectivity index (χ3n) is 2.91. The van der Waals surface area contributed by atoms with E-state index in [0.717, 1.165) is 5.32 Å². The largest absolute Gasteiger partial charge is 0.439 e. The molecule has 0 fully saturated rings. The molecule has 0 heterocycles. The third kappa shape index (κ3) is 4.22. The van der Waals surface area contributed by atoms with Crippen molar-refractivity contribution in [3.05, 3.63) is 29.0 Å². The Labute approximate surface area is 137 Å². The van der Waals surface area contributed by atoms with Gasteiger partial charge in [0.15, 0.2) is 0 Å². The second-order valence-corrected chi connectivity index (χ2v) is 5.20. The Kier molecular flexibility index (Phi) is 5.96. The lowest BCUT2D eigenvalue weighted by atomic mass is 10.1. The molecular weight excluding hydrogens is 369 g/mol. The zero-order valence-corrected chi connectivity index (χ0v) is 12.8. The molecular formula is C13H12ClF7N2O. The number of benzene rings is 1. The first-order chi connectivity index (χ1) is 10.8. The van der Waals surface area contributed by atoms with Crippen molar-refractivity contribution in [3.8, 4) is 0 Å². The lowest BCUT2D eigenvalue weighted by Crippen LogP contribution is -2.72. The van der Waals surface area contributed by atoms with Crippen molar-refractivity contribution in [2.75, 3.05) is 5.32 Å². The normalized spacial score (nSPS) is 12.9. The van der Waals surface area contributed by atoms with Gasteiger partial charge in [0.1, 0.15) is 5.82 Å². The first-order valence-corrected chi connectivity index (χ1v) is 6.89. The smallest absolute Gasteiger partial charge is 0.348 e. The monoisotopic (exact) mass is 380 g/mol. The zero-order chi connectivity index (χ0) is 18.8. The molecule has 0 aliphatic rings. The number of nitrogens with one attached hydrogen (secondary N) is 2. The van der Waals surface area contributed by atoms with Gasteiger partial charge in [0, 0.05) is 12.1 Å².